The number of hydrogen-bond donors (Lipinski definition) is 4. The van der Waals surface area contributed by atoms with E-state index in [1.54, 1.807) is 0 Å². The molecule has 0 aromatic heterocycles. The van der Waals surface area contributed by atoms with Crippen molar-refractivity contribution >= 4 is 33.6 Å². The Balaban J connectivity index is 4.69. The Kier molecular flexibility index (Phi) is 71.7. The molecule has 0 heterocycles. The second-order valence-corrected chi connectivity index (χ2v) is 28.7. The van der Waals surface area contributed by atoms with Gasteiger partial charge in [-0.1, -0.05) is 282 Å². The molecular formula is C83H140O16P2. The topological polar surface area (TPSA) is 231 Å². The van der Waals surface area contributed by atoms with E-state index >= 15 is 0 Å². The molecule has 0 saturated carbocycles. The molecule has 5 unspecified atom stereocenters. The minimum absolute atomic E-state index is 0.0815. The van der Waals surface area contributed by atoms with Crippen LogP contribution in [0.1, 0.15) is 303 Å². The number of aliphatic hydroxyl groups is 2. The Hall–Kier alpha value is -4.57. The second-order valence-electron chi connectivity index (χ2n) is 25.8. The van der Waals surface area contributed by atoms with Gasteiger partial charge in [-0.25, -0.2) is 9.13 Å². The molecule has 0 saturated heterocycles. The fraction of sp³-hybridized carbons (Fsp3) is 0.675. The number of hydrogen-bond acceptors (Lipinski definition) is 14. The number of esters is 3. The molecule has 0 bridgehead atoms. The van der Waals surface area contributed by atoms with E-state index < -0.39 is 91.5 Å². The van der Waals surface area contributed by atoms with Crippen molar-refractivity contribution in [3.05, 3.63) is 146 Å². The van der Waals surface area contributed by atoms with Crippen LogP contribution in [0.5, 0.6) is 0 Å². The van der Waals surface area contributed by atoms with Gasteiger partial charge in [-0.2, -0.15) is 0 Å². The van der Waals surface area contributed by atoms with Crippen LogP contribution in [-0.2, 0) is 55.8 Å². The van der Waals surface area contributed by atoms with Crippen LogP contribution in [0.25, 0.3) is 0 Å². The molecule has 0 fully saturated rings. The normalized spacial score (nSPS) is 14.8. The average Bonchev–Trinajstić information content (AvgIpc) is 0.990. The molecule has 0 aromatic rings. The quantitative estimate of drug-likeness (QED) is 0.0146. The number of phosphoric acid groups is 2. The summed E-state index contributed by atoms with van der Waals surface area (Å²) in [4.78, 5) is 58.7. The van der Waals surface area contributed by atoms with Gasteiger partial charge in [0.05, 0.1) is 26.4 Å². The highest BCUT2D eigenvalue weighted by Gasteiger charge is 2.29. The number of unbranched alkanes of at least 4 members (excludes halogenated alkanes) is 26. The lowest BCUT2D eigenvalue weighted by Gasteiger charge is -2.21. The lowest BCUT2D eigenvalue weighted by Crippen LogP contribution is -2.30. The molecule has 5 atom stereocenters. The molecular weight excluding hydrogens is 1310 g/mol. The number of carbonyl (C=O) groups excluding carboxylic acids is 3. The van der Waals surface area contributed by atoms with E-state index in [1.165, 1.54) is 70.6 Å². The average molecular weight is 1460 g/mol. The Morgan fingerprint density at radius 2 is 0.525 bits per heavy atom. The largest absolute Gasteiger partial charge is 0.472 e. The van der Waals surface area contributed by atoms with Crippen LogP contribution >= 0.6 is 15.6 Å². The zero-order valence-corrected chi connectivity index (χ0v) is 64.8. The summed E-state index contributed by atoms with van der Waals surface area (Å²) in [6, 6.07) is 0. The minimum atomic E-state index is -4.95. The fourth-order valence-corrected chi connectivity index (χ4v) is 11.6. The van der Waals surface area contributed by atoms with E-state index in [9.17, 15) is 43.5 Å². The number of aliphatic hydroxyl groups excluding tert-OH is 2. The van der Waals surface area contributed by atoms with Crippen molar-refractivity contribution in [3.8, 4) is 0 Å². The van der Waals surface area contributed by atoms with Crippen LogP contribution in [0.2, 0.25) is 0 Å². The molecule has 16 nitrogen and oxygen atoms in total. The molecule has 0 rings (SSSR count). The van der Waals surface area contributed by atoms with E-state index in [1.807, 2.05) is 0 Å². The summed E-state index contributed by atoms with van der Waals surface area (Å²) in [5, 5.41) is 20.6. The summed E-state index contributed by atoms with van der Waals surface area (Å²) < 4.78 is 61.2. The van der Waals surface area contributed by atoms with Crippen molar-refractivity contribution in [2.75, 3.05) is 39.6 Å². The third-order valence-electron chi connectivity index (χ3n) is 16.0. The van der Waals surface area contributed by atoms with Crippen molar-refractivity contribution in [2.24, 2.45) is 0 Å². The number of carbonyl (C=O) groups is 3. The molecule has 0 amide bonds. The number of ether oxygens (including phenoxy) is 3. The van der Waals surface area contributed by atoms with Gasteiger partial charge in [-0.05, 0) is 148 Å². The van der Waals surface area contributed by atoms with Crippen LogP contribution < -0.4 is 0 Å². The lowest BCUT2D eigenvalue weighted by atomic mass is 10.1. The summed E-state index contributed by atoms with van der Waals surface area (Å²) in [6.07, 6.45) is 91.6. The van der Waals surface area contributed by atoms with Crippen molar-refractivity contribution in [2.45, 2.75) is 322 Å². The Morgan fingerprint density at radius 3 is 0.832 bits per heavy atom. The molecule has 101 heavy (non-hydrogen) atoms. The molecule has 0 aromatic carbocycles. The Labute approximate surface area is 613 Å². The van der Waals surface area contributed by atoms with E-state index in [4.69, 9.17) is 32.3 Å². The maximum absolute atomic E-state index is 13.0. The van der Waals surface area contributed by atoms with Crippen LogP contribution in [-0.4, -0.2) is 95.9 Å². The molecule has 0 aliphatic rings. The van der Waals surface area contributed by atoms with Gasteiger partial charge >= 0.3 is 33.6 Å². The summed E-state index contributed by atoms with van der Waals surface area (Å²) in [5.74, 6) is -1.62. The molecule has 0 aliphatic carbocycles. The van der Waals surface area contributed by atoms with E-state index in [0.29, 0.717) is 19.3 Å². The van der Waals surface area contributed by atoms with Gasteiger partial charge in [-0.15, -0.1) is 0 Å². The van der Waals surface area contributed by atoms with Gasteiger partial charge in [0.2, 0.25) is 0 Å². The van der Waals surface area contributed by atoms with Crippen molar-refractivity contribution in [3.63, 3.8) is 0 Å². The van der Waals surface area contributed by atoms with Crippen molar-refractivity contribution in [1.29, 1.82) is 0 Å². The highest BCUT2D eigenvalue weighted by molar-refractivity contribution is 7.47. The van der Waals surface area contributed by atoms with Crippen LogP contribution in [0.4, 0.5) is 0 Å². The minimum Gasteiger partial charge on any atom is -0.463 e. The van der Waals surface area contributed by atoms with Gasteiger partial charge in [0.1, 0.15) is 25.4 Å². The SMILES string of the molecule is CC/C=C\C/C=C\C/C=C\C/C=C\C/C=C\CCCCCCCCCCCC(=O)OCC(O)COP(=O)(O)OCC(O)COP(=O)(O)OCC(COC(=O)CCCCCCC/C=C\C/C=C\C/C=C\C/C=C\CCCCC)OC(=O)CCCCCCCC/C=C\C/C=C\C/C=C\CCCCC. The maximum Gasteiger partial charge on any atom is 0.472 e. The Bertz CT molecular complexity index is 2420. The fourth-order valence-electron chi connectivity index (χ4n) is 10.1. The van der Waals surface area contributed by atoms with Gasteiger partial charge in [0, 0.05) is 19.3 Å². The third kappa shape index (κ3) is 76.4. The smallest absolute Gasteiger partial charge is 0.463 e. The summed E-state index contributed by atoms with van der Waals surface area (Å²) in [7, 11) is -9.81. The first kappa shape index (κ1) is 96.4. The van der Waals surface area contributed by atoms with Gasteiger partial charge < -0.3 is 34.2 Å². The van der Waals surface area contributed by atoms with Crippen molar-refractivity contribution in [1.82, 2.24) is 0 Å². The number of allylic oxidation sites excluding steroid dienone is 24. The Morgan fingerprint density at radius 1 is 0.287 bits per heavy atom. The zero-order valence-electron chi connectivity index (χ0n) is 63.0. The molecule has 0 radical (unpaired) electrons. The predicted octanol–water partition coefficient (Wildman–Crippen LogP) is 22.9. The van der Waals surface area contributed by atoms with E-state index in [2.05, 4.69) is 167 Å². The molecule has 0 spiro atoms. The second kappa shape index (κ2) is 75.1. The summed E-state index contributed by atoms with van der Waals surface area (Å²) in [5.41, 5.74) is 0. The summed E-state index contributed by atoms with van der Waals surface area (Å²) in [6.45, 7) is 2.47. The van der Waals surface area contributed by atoms with Gasteiger partial charge in [0.15, 0.2) is 6.10 Å². The number of phosphoric ester groups is 2. The monoisotopic (exact) mass is 1450 g/mol. The lowest BCUT2D eigenvalue weighted by molar-refractivity contribution is -0.161. The van der Waals surface area contributed by atoms with E-state index in [0.717, 1.165) is 173 Å². The van der Waals surface area contributed by atoms with Crippen LogP contribution in [0.3, 0.4) is 0 Å². The van der Waals surface area contributed by atoms with E-state index in [-0.39, 0.29) is 19.3 Å². The highest BCUT2D eigenvalue weighted by atomic mass is 31.2. The third-order valence-corrected chi connectivity index (χ3v) is 17.9. The predicted molar refractivity (Wildman–Crippen MR) is 417 cm³/mol. The zero-order chi connectivity index (χ0) is 73.7. The van der Waals surface area contributed by atoms with Gasteiger partial charge in [-0.3, -0.25) is 32.5 Å². The molecule has 0 aliphatic heterocycles. The first-order valence-electron chi connectivity index (χ1n) is 39.1. The number of rotatable bonds is 73. The van der Waals surface area contributed by atoms with Crippen LogP contribution in [0, 0.1) is 0 Å². The van der Waals surface area contributed by atoms with Crippen LogP contribution in [0.15, 0.2) is 146 Å². The first-order valence-corrected chi connectivity index (χ1v) is 42.1. The summed E-state index contributed by atoms with van der Waals surface area (Å²) >= 11 is 0. The maximum atomic E-state index is 13.0. The highest BCUT2D eigenvalue weighted by Crippen LogP contribution is 2.45. The van der Waals surface area contributed by atoms with Gasteiger partial charge in [0.25, 0.3) is 0 Å². The standard InChI is InChI=1S/C83H140O16P2/c1-4-7-10-13-16-19-22-25-28-31-34-36-37-38-39-41-44-45-48-51-54-57-60-63-66-69-81(86)93-72-78(84)73-95-100(89,90)96-74-79(85)75-97-101(91,92)98-77-80(99-83(88)71-68-65-62-59-56-53-50-47-42-33-30-27-24-21-18-15-12-9-6-3)76-94-82(87)70-67-64-61-58-55-52-49-46-43-40-35-32-29-26-23-20-17-14-11-8-5-2/h7,10,16-21,25-30,34-36,38-40,42,46-47,49,78-80,84-85H,4-6,8-9,11-15,22-24,31-33,37,41,43-45,48,50-77H2,1-3H3,(H,89,90)(H,91,92)/b10-7-,19-16-,20-17-,21-18-,28-25-,29-26-,30-27-,36-34-,39-38-,40-35-,47-42-,49-46-. The molecule has 578 valence electrons. The van der Waals surface area contributed by atoms with Crippen molar-refractivity contribution < 1.29 is 75.8 Å². The molecule has 18 heteroatoms. The molecule has 4 N–H and O–H groups in total. The first-order chi connectivity index (χ1) is 49.2.